The van der Waals surface area contributed by atoms with Gasteiger partial charge in [-0.2, -0.15) is 5.26 Å². The molecular formula is C21H16N4O2. The largest absolute Gasteiger partial charge is 0.355 e. The van der Waals surface area contributed by atoms with Crippen molar-refractivity contribution >= 4 is 28.8 Å². The highest BCUT2D eigenvalue weighted by atomic mass is 16.2. The van der Waals surface area contributed by atoms with Crippen LogP contribution in [0.2, 0.25) is 0 Å². The van der Waals surface area contributed by atoms with Gasteiger partial charge in [-0.25, -0.2) is 0 Å². The number of nitrogens with zero attached hydrogens (tertiary/aromatic N) is 2. The number of carbonyl (C=O) groups excluding carboxylic acids is 2. The van der Waals surface area contributed by atoms with E-state index in [1.165, 1.54) is 13.1 Å². The number of Topliss-reactive ketones (excluding diaryl/α,β-unsaturated/α-hetero) is 1. The van der Waals surface area contributed by atoms with Crippen LogP contribution in [0.15, 0.2) is 66.9 Å². The molecular weight excluding hydrogens is 340 g/mol. The van der Waals surface area contributed by atoms with Gasteiger partial charge in [0.1, 0.15) is 5.69 Å². The molecule has 2 aromatic carbocycles. The molecule has 0 saturated carbocycles. The van der Waals surface area contributed by atoms with Gasteiger partial charge in [0.15, 0.2) is 5.78 Å². The van der Waals surface area contributed by atoms with Gasteiger partial charge in [-0.15, -0.1) is 0 Å². The lowest BCUT2D eigenvalue weighted by Crippen LogP contribution is -2.13. The number of nitrogens with one attached hydrogen (secondary N) is 2. The molecule has 132 valence electrons. The number of rotatable bonds is 5. The van der Waals surface area contributed by atoms with Gasteiger partial charge in [-0.3, -0.25) is 14.6 Å². The van der Waals surface area contributed by atoms with E-state index in [1.807, 2.05) is 6.07 Å². The average Bonchev–Trinajstić information content (AvgIpc) is 2.68. The van der Waals surface area contributed by atoms with Crippen molar-refractivity contribution in [1.82, 2.24) is 4.98 Å². The van der Waals surface area contributed by atoms with Gasteiger partial charge in [-0.1, -0.05) is 6.07 Å². The first kappa shape index (κ1) is 17.8. The third-order valence-corrected chi connectivity index (χ3v) is 3.82. The highest BCUT2D eigenvalue weighted by Crippen LogP contribution is 2.18. The number of amides is 1. The predicted molar refractivity (Wildman–Crippen MR) is 103 cm³/mol. The summed E-state index contributed by atoms with van der Waals surface area (Å²) in [6, 6.07) is 19.1. The Morgan fingerprint density at radius 3 is 2.44 bits per heavy atom. The normalized spacial score (nSPS) is 9.93. The summed E-state index contributed by atoms with van der Waals surface area (Å²) in [5, 5.41) is 14.8. The Hall–Kier alpha value is -3.98. The van der Waals surface area contributed by atoms with Crippen molar-refractivity contribution < 1.29 is 9.59 Å². The van der Waals surface area contributed by atoms with Crippen LogP contribution in [0.3, 0.4) is 0 Å². The number of nitriles is 1. The van der Waals surface area contributed by atoms with Crippen molar-refractivity contribution in [1.29, 1.82) is 5.26 Å². The number of pyridine rings is 1. The SMILES string of the molecule is CC(=O)c1ccc(Nc2ccnc(C(=O)Nc3cccc(C#N)c3)c2)cc1. The fourth-order valence-corrected chi connectivity index (χ4v) is 2.45. The van der Waals surface area contributed by atoms with Crippen molar-refractivity contribution in [3.8, 4) is 6.07 Å². The van der Waals surface area contributed by atoms with Gasteiger partial charge in [0.2, 0.25) is 0 Å². The summed E-state index contributed by atoms with van der Waals surface area (Å²) in [7, 11) is 0. The van der Waals surface area contributed by atoms with Crippen molar-refractivity contribution in [2.24, 2.45) is 0 Å². The smallest absolute Gasteiger partial charge is 0.274 e. The Balaban J connectivity index is 1.73. The summed E-state index contributed by atoms with van der Waals surface area (Å²) in [5.41, 5.74) is 3.35. The van der Waals surface area contributed by atoms with E-state index in [2.05, 4.69) is 15.6 Å². The summed E-state index contributed by atoms with van der Waals surface area (Å²) in [6.07, 6.45) is 1.53. The molecule has 0 aliphatic heterocycles. The van der Waals surface area contributed by atoms with Crippen LogP contribution >= 0.6 is 0 Å². The summed E-state index contributed by atoms with van der Waals surface area (Å²) >= 11 is 0. The van der Waals surface area contributed by atoms with Gasteiger partial charge < -0.3 is 10.6 Å². The van der Waals surface area contributed by atoms with Crippen LogP contribution in [-0.2, 0) is 0 Å². The second kappa shape index (κ2) is 7.93. The lowest BCUT2D eigenvalue weighted by Gasteiger charge is -2.09. The molecule has 3 rings (SSSR count). The molecule has 0 spiro atoms. The Kier molecular flexibility index (Phi) is 5.24. The van der Waals surface area contributed by atoms with Crippen molar-refractivity contribution in [2.75, 3.05) is 10.6 Å². The number of ketones is 1. The van der Waals surface area contributed by atoms with E-state index in [-0.39, 0.29) is 17.4 Å². The van der Waals surface area contributed by atoms with Crippen LogP contribution in [0.1, 0.15) is 33.3 Å². The fourth-order valence-electron chi connectivity index (χ4n) is 2.45. The molecule has 3 aromatic rings. The summed E-state index contributed by atoms with van der Waals surface area (Å²) in [4.78, 5) is 27.8. The molecule has 0 aliphatic carbocycles. The molecule has 0 fully saturated rings. The standard InChI is InChI=1S/C21H16N4O2/c1-14(26)16-5-7-17(8-6-16)24-19-9-10-23-20(12-19)21(27)25-18-4-2-3-15(11-18)13-22/h2-12H,1H3,(H,23,24)(H,25,27). The van der Waals surface area contributed by atoms with Crippen LogP contribution in [0, 0.1) is 11.3 Å². The zero-order chi connectivity index (χ0) is 19.2. The molecule has 0 radical (unpaired) electrons. The van der Waals surface area contributed by atoms with Crippen LogP contribution in [0.4, 0.5) is 17.1 Å². The van der Waals surface area contributed by atoms with E-state index in [9.17, 15) is 9.59 Å². The zero-order valence-corrected chi connectivity index (χ0v) is 14.6. The van der Waals surface area contributed by atoms with Gasteiger partial charge in [-0.05, 0) is 61.5 Å². The second-order valence-electron chi connectivity index (χ2n) is 5.84. The quantitative estimate of drug-likeness (QED) is 0.670. The highest BCUT2D eigenvalue weighted by Gasteiger charge is 2.09. The Morgan fingerprint density at radius 2 is 1.74 bits per heavy atom. The number of aromatic nitrogens is 1. The number of benzene rings is 2. The molecule has 2 N–H and O–H groups in total. The molecule has 1 amide bonds. The van der Waals surface area contributed by atoms with Crippen molar-refractivity contribution in [3.63, 3.8) is 0 Å². The lowest BCUT2D eigenvalue weighted by atomic mass is 10.1. The van der Waals surface area contributed by atoms with Gasteiger partial charge in [0.25, 0.3) is 5.91 Å². The number of anilines is 3. The van der Waals surface area contributed by atoms with E-state index in [0.717, 1.165) is 5.69 Å². The van der Waals surface area contributed by atoms with Crippen LogP contribution in [0.5, 0.6) is 0 Å². The van der Waals surface area contributed by atoms with Crippen molar-refractivity contribution in [2.45, 2.75) is 6.92 Å². The first-order valence-corrected chi connectivity index (χ1v) is 8.21. The summed E-state index contributed by atoms with van der Waals surface area (Å²) in [6.45, 7) is 1.52. The number of hydrogen-bond acceptors (Lipinski definition) is 5. The summed E-state index contributed by atoms with van der Waals surface area (Å²) < 4.78 is 0. The third-order valence-electron chi connectivity index (χ3n) is 3.82. The van der Waals surface area contributed by atoms with Gasteiger partial charge in [0, 0.05) is 28.8 Å². The van der Waals surface area contributed by atoms with E-state index in [4.69, 9.17) is 5.26 Å². The van der Waals surface area contributed by atoms with E-state index >= 15 is 0 Å². The van der Waals surface area contributed by atoms with E-state index in [0.29, 0.717) is 22.5 Å². The minimum Gasteiger partial charge on any atom is -0.355 e. The van der Waals surface area contributed by atoms with Crippen LogP contribution < -0.4 is 10.6 Å². The molecule has 6 nitrogen and oxygen atoms in total. The van der Waals surface area contributed by atoms with Gasteiger partial charge >= 0.3 is 0 Å². The third kappa shape index (κ3) is 4.55. The maximum Gasteiger partial charge on any atom is 0.274 e. The minimum atomic E-state index is -0.374. The maximum absolute atomic E-state index is 12.4. The van der Waals surface area contributed by atoms with Crippen LogP contribution in [-0.4, -0.2) is 16.7 Å². The molecule has 0 bridgehead atoms. The fraction of sp³-hybridized carbons (Fsp3) is 0.0476. The molecule has 6 heteroatoms. The van der Waals surface area contributed by atoms with E-state index in [1.54, 1.807) is 60.7 Å². The van der Waals surface area contributed by atoms with Gasteiger partial charge in [0.05, 0.1) is 11.6 Å². The number of hydrogen-bond donors (Lipinski definition) is 2. The van der Waals surface area contributed by atoms with E-state index < -0.39 is 0 Å². The van der Waals surface area contributed by atoms with Crippen molar-refractivity contribution in [3.05, 3.63) is 83.7 Å². The summed E-state index contributed by atoms with van der Waals surface area (Å²) in [5.74, 6) is -0.370. The molecule has 1 aromatic heterocycles. The molecule has 0 unspecified atom stereocenters. The average molecular weight is 356 g/mol. The molecule has 0 aliphatic rings. The Morgan fingerprint density at radius 1 is 0.963 bits per heavy atom. The topological polar surface area (TPSA) is 94.9 Å². The molecule has 27 heavy (non-hydrogen) atoms. The lowest BCUT2D eigenvalue weighted by molar-refractivity contribution is 0.101. The minimum absolute atomic E-state index is 0.00452. The number of carbonyl (C=O) groups is 2. The molecule has 1 heterocycles. The molecule has 0 saturated heterocycles. The first-order valence-electron chi connectivity index (χ1n) is 8.21. The highest BCUT2D eigenvalue weighted by molar-refractivity contribution is 6.03. The van der Waals surface area contributed by atoms with Crippen LogP contribution in [0.25, 0.3) is 0 Å². The second-order valence-corrected chi connectivity index (χ2v) is 5.84. The maximum atomic E-state index is 12.4. The molecule has 0 atom stereocenters. The zero-order valence-electron chi connectivity index (χ0n) is 14.6. The Labute approximate surface area is 156 Å². The predicted octanol–water partition coefficient (Wildman–Crippen LogP) is 4.15. The Bertz CT molecular complexity index is 1040. The monoisotopic (exact) mass is 356 g/mol. The first-order chi connectivity index (χ1) is 13.0.